The van der Waals surface area contributed by atoms with E-state index in [1.165, 1.54) is 12.1 Å². The molecular formula is C21H23NO5. The Kier molecular flexibility index (Phi) is 6.00. The molecule has 0 heterocycles. The number of rotatable bonds is 5. The van der Waals surface area contributed by atoms with Gasteiger partial charge < -0.3 is 15.2 Å². The summed E-state index contributed by atoms with van der Waals surface area (Å²) in [5, 5.41) is 12.6. The van der Waals surface area contributed by atoms with Crippen LogP contribution in [0, 0.1) is 12.3 Å². The highest BCUT2D eigenvalue weighted by Crippen LogP contribution is 2.20. The number of ether oxygens (including phenoxy) is 1. The molecular weight excluding hydrogens is 346 g/mol. The number of benzene rings is 2. The van der Waals surface area contributed by atoms with Crippen LogP contribution in [0.3, 0.4) is 0 Å². The number of aromatic hydroxyl groups is 1. The van der Waals surface area contributed by atoms with Crippen LogP contribution in [0.5, 0.6) is 5.75 Å². The Hall–Kier alpha value is -3.15. The number of esters is 1. The lowest BCUT2D eigenvalue weighted by Crippen LogP contribution is -2.27. The van der Waals surface area contributed by atoms with Gasteiger partial charge in [-0.1, -0.05) is 26.8 Å². The molecule has 0 saturated heterocycles. The number of phenols is 1. The minimum Gasteiger partial charge on any atom is -0.507 e. The smallest absolute Gasteiger partial charge is 0.342 e. The van der Waals surface area contributed by atoms with E-state index in [4.69, 9.17) is 4.74 Å². The summed E-state index contributed by atoms with van der Waals surface area (Å²) >= 11 is 0. The largest absolute Gasteiger partial charge is 0.507 e. The van der Waals surface area contributed by atoms with Gasteiger partial charge in [0, 0.05) is 16.7 Å². The van der Waals surface area contributed by atoms with Gasteiger partial charge in [-0.05, 0) is 48.9 Å². The molecule has 2 rings (SSSR count). The topological polar surface area (TPSA) is 92.7 Å². The molecule has 2 N–H and O–H groups in total. The van der Waals surface area contributed by atoms with E-state index >= 15 is 0 Å². The number of aryl methyl sites for hydroxylation is 1. The molecule has 0 atom stereocenters. The molecule has 6 heteroatoms. The molecule has 0 spiro atoms. The van der Waals surface area contributed by atoms with Gasteiger partial charge in [-0.2, -0.15) is 0 Å². The molecule has 0 bridgehead atoms. The molecule has 6 nitrogen and oxygen atoms in total. The van der Waals surface area contributed by atoms with Crippen LogP contribution >= 0.6 is 0 Å². The van der Waals surface area contributed by atoms with Crippen molar-refractivity contribution in [1.29, 1.82) is 0 Å². The standard InChI is InChI=1S/C21H23NO5/c1-13-5-10-16(17(23)11-13)19(25)27-12-18(24)14-6-8-15(9-7-14)22-20(26)21(2,3)4/h5-11,23H,12H2,1-4H3,(H,22,26). The summed E-state index contributed by atoms with van der Waals surface area (Å²) in [5.74, 6) is -1.47. The Morgan fingerprint density at radius 1 is 1.04 bits per heavy atom. The van der Waals surface area contributed by atoms with Gasteiger partial charge in [-0.15, -0.1) is 0 Å². The van der Waals surface area contributed by atoms with Gasteiger partial charge in [0.15, 0.2) is 12.4 Å². The maximum atomic E-state index is 12.2. The maximum absolute atomic E-state index is 12.2. The number of hydrogen-bond donors (Lipinski definition) is 2. The fourth-order valence-electron chi connectivity index (χ4n) is 2.16. The first-order chi connectivity index (χ1) is 12.6. The van der Waals surface area contributed by atoms with Gasteiger partial charge in [0.1, 0.15) is 11.3 Å². The average Bonchev–Trinajstić information content (AvgIpc) is 2.59. The maximum Gasteiger partial charge on any atom is 0.342 e. The van der Waals surface area contributed by atoms with E-state index < -0.39 is 18.0 Å². The second-order valence-electron chi connectivity index (χ2n) is 7.30. The summed E-state index contributed by atoms with van der Waals surface area (Å²) in [5.41, 5.74) is 1.22. The van der Waals surface area contributed by atoms with Crippen molar-refractivity contribution in [2.24, 2.45) is 5.41 Å². The number of anilines is 1. The molecule has 0 saturated carbocycles. The molecule has 0 radical (unpaired) electrons. The molecule has 0 aliphatic rings. The molecule has 142 valence electrons. The quantitative estimate of drug-likeness (QED) is 0.619. The monoisotopic (exact) mass is 369 g/mol. The van der Waals surface area contributed by atoms with Crippen molar-refractivity contribution < 1.29 is 24.2 Å². The van der Waals surface area contributed by atoms with Gasteiger partial charge in [-0.3, -0.25) is 9.59 Å². The highest BCUT2D eigenvalue weighted by molar-refractivity contribution is 6.00. The van der Waals surface area contributed by atoms with Crippen LogP contribution in [0.15, 0.2) is 42.5 Å². The first-order valence-electron chi connectivity index (χ1n) is 8.49. The van der Waals surface area contributed by atoms with Crippen LogP contribution in [0.25, 0.3) is 0 Å². The third-order valence-corrected chi connectivity index (χ3v) is 3.85. The minimum absolute atomic E-state index is 0.00800. The fourth-order valence-corrected chi connectivity index (χ4v) is 2.16. The number of phenolic OH excluding ortho intramolecular Hbond substituents is 1. The van der Waals surface area contributed by atoms with Crippen molar-refractivity contribution in [2.45, 2.75) is 27.7 Å². The molecule has 1 amide bonds. The van der Waals surface area contributed by atoms with E-state index in [0.717, 1.165) is 5.56 Å². The zero-order chi connectivity index (χ0) is 20.2. The molecule has 0 aliphatic carbocycles. The summed E-state index contributed by atoms with van der Waals surface area (Å²) in [6, 6.07) is 10.9. The molecule has 27 heavy (non-hydrogen) atoms. The van der Waals surface area contributed by atoms with Crippen LogP contribution in [0.2, 0.25) is 0 Å². The molecule has 2 aromatic rings. The number of ketones is 1. The van der Waals surface area contributed by atoms with Crippen LogP contribution in [0.1, 0.15) is 47.1 Å². The lowest BCUT2D eigenvalue weighted by Gasteiger charge is -2.17. The Labute approximate surface area is 158 Å². The second kappa shape index (κ2) is 8.03. The summed E-state index contributed by atoms with van der Waals surface area (Å²) in [4.78, 5) is 36.1. The Balaban J connectivity index is 1.96. The lowest BCUT2D eigenvalue weighted by molar-refractivity contribution is -0.123. The van der Waals surface area contributed by atoms with E-state index in [1.807, 2.05) is 0 Å². The van der Waals surface area contributed by atoms with Gasteiger partial charge in [0.25, 0.3) is 0 Å². The van der Waals surface area contributed by atoms with E-state index in [1.54, 1.807) is 58.0 Å². The average molecular weight is 369 g/mol. The number of nitrogens with one attached hydrogen (secondary N) is 1. The van der Waals surface area contributed by atoms with Crippen LogP contribution in [0.4, 0.5) is 5.69 Å². The predicted octanol–water partition coefficient (Wildman–Crippen LogP) is 3.72. The second-order valence-corrected chi connectivity index (χ2v) is 7.30. The zero-order valence-corrected chi connectivity index (χ0v) is 15.8. The van der Waals surface area contributed by atoms with E-state index in [0.29, 0.717) is 11.3 Å². The third kappa shape index (κ3) is 5.41. The molecule has 0 aliphatic heterocycles. The number of amides is 1. The predicted molar refractivity (Wildman–Crippen MR) is 102 cm³/mol. The number of Topliss-reactive ketones (excluding diaryl/α,β-unsaturated/α-hetero) is 1. The van der Waals surface area contributed by atoms with E-state index in [-0.39, 0.29) is 23.0 Å². The number of hydrogen-bond acceptors (Lipinski definition) is 5. The number of carbonyl (C=O) groups is 3. The highest BCUT2D eigenvalue weighted by atomic mass is 16.5. The van der Waals surface area contributed by atoms with Crippen LogP contribution in [-0.2, 0) is 9.53 Å². The summed E-state index contributed by atoms with van der Waals surface area (Å²) < 4.78 is 4.99. The molecule has 0 aromatic heterocycles. The van der Waals surface area contributed by atoms with E-state index in [9.17, 15) is 19.5 Å². The summed E-state index contributed by atoms with van der Waals surface area (Å²) in [6.45, 7) is 6.76. The normalized spacial score (nSPS) is 11.0. The van der Waals surface area contributed by atoms with Crippen molar-refractivity contribution in [3.8, 4) is 5.75 Å². The molecule has 0 unspecified atom stereocenters. The highest BCUT2D eigenvalue weighted by Gasteiger charge is 2.21. The zero-order valence-electron chi connectivity index (χ0n) is 15.8. The Morgan fingerprint density at radius 2 is 1.67 bits per heavy atom. The van der Waals surface area contributed by atoms with Crippen molar-refractivity contribution in [3.63, 3.8) is 0 Å². The first-order valence-corrected chi connectivity index (χ1v) is 8.49. The fraction of sp³-hybridized carbons (Fsp3) is 0.286. The van der Waals surface area contributed by atoms with Crippen LogP contribution in [-0.4, -0.2) is 29.4 Å². The summed E-state index contributed by atoms with van der Waals surface area (Å²) in [7, 11) is 0. The van der Waals surface area contributed by atoms with Gasteiger partial charge in [-0.25, -0.2) is 4.79 Å². The Morgan fingerprint density at radius 3 is 2.22 bits per heavy atom. The van der Waals surface area contributed by atoms with Gasteiger partial charge in [0.05, 0.1) is 0 Å². The molecule has 0 fully saturated rings. The van der Waals surface area contributed by atoms with Gasteiger partial charge in [0.2, 0.25) is 5.91 Å². The van der Waals surface area contributed by atoms with Crippen molar-refractivity contribution in [1.82, 2.24) is 0 Å². The minimum atomic E-state index is -0.769. The van der Waals surface area contributed by atoms with Crippen LogP contribution < -0.4 is 5.32 Å². The number of carbonyl (C=O) groups excluding carboxylic acids is 3. The van der Waals surface area contributed by atoms with Gasteiger partial charge >= 0.3 is 5.97 Å². The summed E-state index contributed by atoms with van der Waals surface area (Å²) in [6.07, 6.45) is 0. The van der Waals surface area contributed by atoms with Crippen molar-refractivity contribution in [3.05, 3.63) is 59.2 Å². The third-order valence-electron chi connectivity index (χ3n) is 3.85. The Bertz CT molecular complexity index is 863. The SMILES string of the molecule is Cc1ccc(C(=O)OCC(=O)c2ccc(NC(=O)C(C)(C)C)cc2)c(O)c1. The van der Waals surface area contributed by atoms with Crippen molar-refractivity contribution >= 4 is 23.3 Å². The lowest BCUT2D eigenvalue weighted by atomic mass is 9.95. The van der Waals surface area contributed by atoms with Crippen molar-refractivity contribution in [2.75, 3.05) is 11.9 Å². The first kappa shape index (κ1) is 20.2. The molecule has 2 aromatic carbocycles. The van der Waals surface area contributed by atoms with E-state index in [2.05, 4.69) is 5.32 Å².